The maximum atomic E-state index is 4.54. The molecule has 0 spiro atoms. The molecular formula is C7H20N2S2. The van der Waals surface area contributed by atoms with Gasteiger partial charge in [-0.25, -0.2) is 0 Å². The van der Waals surface area contributed by atoms with Crippen molar-refractivity contribution in [2.75, 3.05) is 46.7 Å². The van der Waals surface area contributed by atoms with Crippen LogP contribution in [-0.2, 0) is 0 Å². The number of rotatable bonds is 4. The molecule has 0 aliphatic rings. The fourth-order valence-corrected chi connectivity index (χ4v) is 1.34. The van der Waals surface area contributed by atoms with Crippen molar-refractivity contribution in [2.24, 2.45) is 0 Å². The van der Waals surface area contributed by atoms with Crippen molar-refractivity contribution in [3.8, 4) is 0 Å². The maximum absolute atomic E-state index is 4.54. The van der Waals surface area contributed by atoms with E-state index in [0.717, 1.165) is 13.1 Å². The van der Waals surface area contributed by atoms with Gasteiger partial charge < -0.3 is 4.90 Å². The van der Waals surface area contributed by atoms with Crippen molar-refractivity contribution in [2.45, 2.75) is 0 Å². The molecule has 0 aromatic rings. The lowest BCUT2D eigenvalue weighted by molar-refractivity contribution is 0.371. The topological polar surface area (TPSA) is 6.48 Å². The molecule has 0 aromatic carbocycles. The molecule has 0 saturated carbocycles. The summed E-state index contributed by atoms with van der Waals surface area (Å²) >= 11 is 4.54. The Hall–Kier alpha value is 0.620. The molecule has 70 valence electrons. The largest absolute Gasteiger partial charge is 0.308 e. The molecule has 0 rings (SSSR count). The SMILES string of the molecule is CN(C)CCN(C)S(C)(C)S. The van der Waals surface area contributed by atoms with Crippen LogP contribution in [0.3, 0.4) is 0 Å². The second-order valence-electron chi connectivity index (χ2n) is 3.37. The van der Waals surface area contributed by atoms with Gasteiger partial charge in [-0.15, -0.1) is 20.9 Å². The van der Waals surface area contributed by atoms with Gasteiger partial charge in [0, 0.05) is 13.1 Å². The Morgan fingerprint density at radius 1 is 1.09 bits per heavy atom. The zero-order valence-corrected chi connectivity index (χ0v) is 9.88. The molecule has 4 heteroatoms. The Kier molecular flexibility index (Phi) is 4.86. The van der Waals surface area contributed by atoms with Crippen LogP contribution < -0.4 is 0 Å². The molecule has 0 aliphatic heterocycles. The molecule has 0 aromatic heterocycles. The molecule has 0 amide bonds. The third-order valence-electron chi connectivity index (χ3n) is 1.62. The molecule has 11 heavy (non-hydrogen) atoms. The van der Waals surface area contributed by atoms with E-state index in [2.05, 4.69) is 54.5 Å². The minimum absolute atomic E-state index is 0.797. The molecule has 0 heterocycles. The van der Waals surface area contributed by atoms with Gasteiger partial charge in [-0.05, 0) is 33.7 Å². The van der Waals surface area contributed by atoms with Crippen LogP contribution in [0.15, 0.2) is 0 Å². The summed E-state index contributed by atoms with van der Waals surface area (Å²) in [7, 11) is 5.52. The molecule has 0 saturated heterocycles. The van der Waals surface area contributed by atoms with Crippen molar-refractivity contribution in [3.05, 3.63) is 0 Å². The van der Waals surface area contributed by atoms with E-state index in [1.165, 1.54) is 0 Å². The van der Waals surface area contributed by atoms with E-state index >= 15 is 0 Å². The average Bonchev–Trinajstić information content (AvgIpc) is 1.80. The molecule has 2 nitrogen and oxygen atoms in total. The lowest BCUT2D eigenvalue weighted by atomic mass is 10.6. The van der Waals surface area contributed by atoms with Crippen LogP contribution in [0.2, 0.25) is 0 Å². The van der Waals surface area contributed by atoms with E-state index in [4.69, 9.17) is 0 Å². The lowest BCUT2D eigenvalue weighted by Crippen LogP contribution is -2.28. The van der Waals surface area contributed by atoms with Gasteiger partial charge >= 0.3 is 0 Å². The molecule has 0 atom stereocenters. The van der Waals surface area contributed by atoms with E-state index in [-0.39, 0.29) is 0 Å². The monoisotopic (exact) mass is 196 g/mol. The zero-order chi connectivity index (χ0) is 9.07. The fourth-order valence-electron chi connectivity index (χ4n) is 0.564. The molecule has 0 fully saturated rings. The predicted molar refractivity (Wildman–Crippen MR) is 59.6 cm³/mol. The number of likely N-dealkylation sites (N-methyl/N-ethyl adjacent to an activating group) is 2. The first-order valence-corrected chi connectivity index (χ1v) is 7.11. The number of nitrogens with zero attached hydrogens (tertiary/aromatic N) is 2. The summed E-state index contributed by atoms with van der Waals surface area (Å²) in [5, 5.41) is 0. The quantitative estimate of drug-likeness (QED) is 0.535. The van der Waals surface area contributed by atoms with Crippen LogP contribution in [0.25, 0.3) is 0 Å². The summed E-state index contributed by atoms with van der Waals surface area (Å²) in [6, 6.07) is 0. The summed E-state index contributed by atoms with van der Waals surface area (Å²) in [5.74, 6) is 0. The van der Waals surface area contributed by atoms with Gasteiger partial charge in [0.15, 0.2) is 0 Å². The first kappa shape index (κ1) is 11.6. The third kappa shape index (κ3) is 5.84. The molecule has 0 bridgehead atoms. The summed E-state index contributed by atoms with van der Waals surface area (Å²) in [4.78, 5) is 2.19. The molecular weight excluding hydrogens is 176 g/mol. The van der Waals surface area contributed by atoms with Crippen molar-refractivity contribution in [3.63, 3.8) is 0 Å². The minimum atomic E-state index is -0.797. The van der Waals surface area contributed by atoms with Crippen LogP contribution >= 0.6 is 20.9 Å². The van der Waals surface area contributed by atoms with Gasteiger partial charge in [-0.2, -0.15) is 0 Å². The van der Waals surface area contributed by atoms with Gasteiger partial charge in [0.25, 0.3) is 0 Å². The van der Waals surface area contributed by atoms with Crippen LogP contribution in [0.5, 0.6) is 0 Å². The van der Waals surface area contributed by atoms with E-state index in [9.17, 15) is 0 Å². The van der Waals surface area contributed by atoms with Gasteiger partial charge in [0.1, 0.15) is 0 Å². The minimum Gasteiger partial charge on any atom is -0.308 e. The van der Waals surface area contributed by atoms with Gasteiger partial charge in [0.05, 0.1) is 0 Å². The summed E-state index contributed by atoms with van der Waals surface area (Å²) in [5.41, 5.74) is 0. The van der Waals surface area contributed by atoms with E-state index < -0.39 is 9.25 Å². The van der Waals surface area contributed by atoms with Crippen LogP contribution in [0.1, 0.15) is 0 Å². The Morgan fingerprint density at radius 3 is 1.82 bits per heavy atom. The summed E-state index contributed by atoms with van der Waals surface area (Å²) < 4.78 is 2.32. The van der Waals surface area contributed by atoms with Crippen LogP contribution in [-0.4, -0.2) is 55.9 Å². The van der Waals surface area contributed by atoms with E-state index in [0.29, 0.717) is 0 Å². The Labute approximate surface area is 77.2 Å². The fraction of sp³-hybridized carbons (Fsp3) is 1.00. The standard InChI is InChI=1S/C7H20N2S2/c1-8(2)6-7-9(3)11(4,5)10/h10H,6-7H2,1-5H3. The molecule has 0 unspecified atom stereocenters. The van der Waals surface area contributed by atoms with E-state index in [1.54, 1.807) is 0 Å². The molecule has 0 radical (unpaired) electrons. The highest BCUT2D eigenvalue weighted by Gasteiger charge is 2.11. The van der Waals surface area contributed by atoms with Crippen molar-refractivity contribution >= 4 is 20.9 Å². The van der Waals surface area contributed by atoms with Crippen molar-refractivity contribution in [1.82, 2.24) is 9.21 Å². The summed E-state index contributed by atoms with van der Waals surface area (Å²) in [6.07, 6.45) is 4.37. The smallest absolute Gasteiger partial charge is 0.0206 e. The second-order valence-corrected chi connectivity index (χ2v) is 9.12. The first-order chi connectivity index (χ1) is 4.84. The normalized spacial score (nSPS) is 14.5. The Balaban J connectivity index is 3.61. The van der Waals surface area contributed by atoms with Crippen LogP contribution in [0.4, 0.5) is 0 Å². The Morgan fingerprint density at radius 2 is 1.55 bits per heavy atom. The molecule has 0 aliphatic carbocycles. The highest BCUT2D eigenvalue weighted by molar-refractivity contribution is 8.86. The lowest BCUT2D eigenvalue weighted by Gasteiger charge is -2.36. The zero-order valence-electron chi connectivity index (χ0n) is 8.16. The average molecular weight is 196 g/mol. The van der Waals surface area contributed by atoms with E-state index in [1.807, 2.05) is 0 Å². The third-order valence-corrected chi connectivity index (χ3v) is 4.17. The van der Waals surface area contributed by atoms with Gasteiger partial charge in [-0.3, -0.25) is 4.31 Å². The first-order valence-electron chi connectivity index (χ1n) is 3.66. The highest BCUT2D eigenvalue weighted by Crippen LogP contribution is 2.47. The number of hydrogen-bond donors (Lipinski definition) is 1. The predicted octanol–water partition coefficient (Wildman–Crippen LogP) is 1.30. The summed E-state index contributed by atoms with van der Waals surface area (Å²) in [6.45, 7) is 2.20. The van der Waals surface area contributed by atoms with Gasteiger partial charge in [0.2, 0.25) is 0 Å². The number of hydrogen-bond acceptors (Lipinski definition) is 3. The Bertz CT molecular complexity index is 109. The molecule has 0 N–H and O–H groups in total. The second kappa shape index (κ2) is 4.60. The number of thiol groups is 1. The van der Waals surface area contributed by atoms with Crippen molar-refractivity contribution < 1.29 is 0 Å². The van der Waals surface area contributed by atoms with Crippen LogP contribution in [0, 0.1) is 0 Å². The van der Waals surface area contributed by atoms with Gasteiger partial charge in [-0.1, -0.05) is 0 Å². The van der Waals surface area contributed by atoms with Crippen molar-refractivity contribution in [1.29, 1.82) is 0 Å². The highest BCUT2D eigenvalue weighted by atomic mass is 33.1. The maximum Gasteiger partial charge on any atom is 0.0206 e.